The molecule has 66 nitrogen and oxygen atoms in total. The van der Waals surface area contributed by atoms with Gasteiger partial charge in [0.15, 0.2) is 62.9 Å². The highest BCUT2D eigenvalue weighted by Crippen LogP contribution is 2.46. The number of aliphatic carboxylic acids is 2. The summed E-state index contributed by atoms with van der Waals surface area (Å²) in [6.45, 7) is -14.8. The van der Waals surface area contributed by atoms with E-state index in [0.717, 1.165) is 6.92 Å². The van der Waals surface area contributed by atoms with Gasteiger partial charge in [-0.1, -0.05) is 0 Å². The molecule has 60 atom stereocenters. The number of carboxylic acids is 2. The topological polar surface area (TPSA) is 1060 Å². The van der Waals surface area contributed by atoms with Crippen molar-refractivity contribution < 1.29 is 322 Å². The summed E-state index contributed by atoms with van der Waals surface area (Å²) in [5, 5.41) is 437. The van der Waals surface area contributed by atoms with Crippen LogP contribution in [0.4, 0.5) is 0 Å². The molecule has 0 radical (unpaired) electrons. The molecule has 40 N–H and O–H groups in total. The Morgan fingerprint density at radius 3 is 0.958 bits per heavy atom. The second kappa shape index (κ2) is 50.5. The maximum atomic E-state index is 13.7. The minimum Gasteiger partial charge on any atom is -0.477 e. The highest BCUT2D eigenvalue weighted by molar-refractivity contribution is 5.77. The summed E-state index contributed by atoms with van der Waals surface area (Å²) in [4.78, 5) is 40.3. The quantitative estimate of drug-likeness (QED) is 0.0272. The average Bonchev–Trinajstić information content (AvgIpc) is 0.730. The normalized spacial score (nSPS) is 51.0. The van der Waals surface area contributed by atoms with Crippen molar-refractivity contribution in [1.29, 1.82) is 0 Å². The van der Waals surface area contributed by atoms with Crippen molar-refractivity contribution in [3.8, 4) is 0 Å². The van der Waals surface area contributed by atoms with Gasteiger partial charge in [-0.3, -0.25) is 4.79 Å². The van der Waals surface area contributed by atoms with Crippen LogP contribution in [-0.4, -0.2) is 664 Å². The molecule has 0 bridgehead atoms. The number of aliphatic hydroxyl groups is 37. The zero-order valence-electron chi connectivity index (χ0n) is 75.4. The zero-order chi connectivity index (χ0) is 106. The second-order valence-electron chi connectivity index (χ2n) is 36.3. The molecule has 12 heterocycles. The summed E-state index contributed by atoms with van der Waals surface area (Å²) in [6, 6.07) is -2.22. The number of amides is 1. The van der Waals surface area contributed by atoms with E-state index >= 15 is 0 Å². The monoisotopic (exact) mass is 2120 g/mol. The van der Waals surface area contributed by atoms with E-state index in [0.29, 0.717) is 0 Å². The molecular formula is C78H129NO65. The van der Waals surface area contributed by atoms with Crippen LogP contribution in [0.2, 0.25) is 0 Å². The Hall–Kier alpha value is -3.99. The number of rotatable bonds is 39. The Morgan fingerprint density at radius 1 is 0.292 bits per heavy atom. The molecule has 66 heteroatoms. The van der Waals surface area contributed by atoms with E-state index in [-0.39, 0.29) is 0 Å². The fraction of sp³-hybridized carbons (Fsp3) is 0.962. The first-order chi connectivity index (χ1) is 68.0. The average molecular weight is 2120 g/mol. The Bertz CT molecular complexity index is 3960. The Kier molecular flexibility index (Phi) is 41.6. The Balaban J connectivity index is 0.919. The van der Waals surface area contributed by atoms with E-state index in [9.17, 15) is 214 Å². The van der Waals surface area contributed by atoms with Crippen LogP contribution in [0, 0.1) is 0 Å². The van der Waals surface area contributed by atoms with Crippen LogP contribution in [-0.2, 0) is 123 Å². The van der Waals surface area contributed by atoms with Crippen LogP contribution in [0.3, 0.4) is 0 Å². The van der Waals surface area contributed by atoms with E-state index < -0.39 is 477 Å². The maximum absolute atomic E-state index is 13.7. The molecule has 0 spiro atoms. The van der Waals surface area contributed by atoms with Crippen LogP contribution < -0.4 is 5.32 Å². The van der Waals surface area contributed by atoms with Gasteiger partial charge in [0.05, 0.1) is 91.5 Å². The molecule has 12 rings (SSSR count). The minimum atomic E-state index is -3.79. The van der Waals surface area contributed by atoms with Crippen LogP contribution >= 0.6 is 0 Å². The van der Waals surface area contributed by atoms with Crippen LogP contribution in [0.25, 0.3) is 0 Å². The summed E-state index contributed by atoms with van der Waals surface area (Å²) >= 11 is 0. The Morgan fingerprint density at radius 2 is 0.583 bits per heavy atom. The van der Waals surface area contributed by atoms with Crippen molar-refractivity contribution in [2.75, 3.05) is 79.3 Å². The number of carboxylic acid groups (broad SMARTS) is 2. The molecule has 12 aliphatic rings. The molecule has 1 amide bonds. The fourth-order valence-corrected chi connectivity index (χ4v) is 18.6. The lowest BCUT2D eigenvalue weighted by atomic mass is 9.89. The minimum absolute atomic E-state index is 0.818. The summed E-state index contributed by atoms with van der Waals surface area (Å²) in [5.41, 5.74) is 0. The Labute approximate surface area is 809 Å². The van der Waals surface area contributed by atoms with E-state index in [1.54, 1.807) is 0 Å². The summed E-state index contributed by atoms with van der Waals surface area (Å²) in [7, 11) is 0. The van der Waals surface area contributed by atoms with Crippen molar-refractivity contribution >= 4 is 17.8 Å². The molecule has 1 unspecified atom stereocenters. The van der Waals surface area contributed by atoms with Crippen LogP contribution in [0.1, 0.15) is 19.8 Å². The highest BCUT2D eigenvalue weighted by atomic mass is 16.8. The van der Waals surface area contributed by atoms with Crippen LogP contribution in [0.15, 0.2) is 0 Å². The van der Waals surface area contributed by atoms with Gasteiger partial charge < -0.3 is 313 Å². The van der Waals surface area contributed by atoms with Gasteiger partial charge >= 0.3 is 11.9 Å². The largest absolute Gasteiger partial charge is 0.477 e. The molecule has 0 aliphatic carbocycles. The van der Waals surface area contributed by atoms with Crippen molar-refractivity contribution in [3.63, 3.8) is 0 Å². The van der Waals surface area contributed by atoms with Gasteiger partial charge in [0, 0.05) is 19.8 Å². The van der Waals surface area contributed by atoms with Gasteiger partial charge in [0.25, 0.3) is 11.6 Å². The van der Waals surface area contributed by atoms with Crippen LogP contribution in [0.5, 0.6) is 0 Å². The molecule has 836 valence electrons. The van der Waals surface area contributed by atoms with Crippen molar-refractivity contribution in [1.82, 2.24) is 5.32 Å². The number of nitrogens with one attached hydrogen (secondary N) is 1. The standard InChI is InChI=1S/C78H129NO65/c1-16(91)79-31-38(101)56(133-69-50(113)44(107)57(27(12-88)129-69)134-66-47(110)39(102)33(96)21(6-82)123-66)26(11-87)128-65(31)140-64-43(106)37(100)25(10-86)127-74(64)138-61-30(15-122-73-63(42(105)36(99)24(9-85)126-73)141-71-52(115)46(109)59(29(14-90)131-71)136-70-51(114)45(108)58(28(13-89)130-70)135-67-48(111)40(103)34(97)22(7-83)124-67)132-72(53(116)62(61)139-68-49(112)41(104)35(98)23(8-84)125-68)137-60-20(3-77(121,75(117)118)143-55(60)19(94)5-81)142-78(76(119)120)2-17(92)32(95)54(144-78)18(93)4-80/h17-74,80-90,92-116,121H,2-15H2,1H3,(H,79,91)(H,117,118)(H,119,120)/t17-,18-,19-,20-,21-,22-,23-,24-,25-,26-,27-,28-,29-,30-,31-,32-,33+,34+,35-,36-,37-,38-,39+,40+,41+,42+,43+,44-,45-,46-,47-,48-,49-,50-,51-,52-,53-,54-,55-,56-,57+,58+,59-,60-,61-,62-,63-,64-,65-,66-,67-,68+,69+,70+,71-,72-,73-,74+,77-,78?/m1/s1. The van der Waals surface area contributed by atoms with Gasteiger partial charge in [-0.2, -0.15) is 0 Å². The van der Waals surface area contributed by atoms with Crippen molar-refractivity contribution in [2.24, 2.45) is 0 Å². The molecule has 0 aromatic carbocycles. The van der Waals surface area contributed by atoms with E-state index in [1.807, 2.05) is 0 Å². The smallest absolute Gasteiger partial charge is 0.364 e. The molecule has 0 aromatic rings. The predicted octanol–water partition coefficient (Wildman–Crippen LogP) is -27.3. The third kappa shape index (κ3) is 24.7. The molecule has 0 saturated carbocycles. The summed E-state index contributed by atoms with van der Waals surface area (Å²) in [6.07, 6.45) is -137. The molecule has 144 heavy (non-hydrogen) atoms. The van der Waals surface area contributed by atoms with E-state index in [4.69, 9.17) is 109 Å². The van der Waals surface area contributed by atoms with Gasteiger partial charge in [-0.05, 0) is 0 Å². The van der Waals surface area contributed by atoms with E-state index in [1.165, 1.54) is 0 Å². The molecular weight excluding hydrogens is 1990 g/mol. The third-order valence-corrected chi connectivity index (χ3v) is 26.7. The maximum Gasteiger partial charge on any atom is 0.364 e. The molecule has 0 aromatic heterocycles. The lowest BCUT2D eigenvalue weighted by Crippen LogP contribution is -2.71. The predicted molar refractivity (Wildman–Crippen MR) is 429 cm³/mol. The first kappa shape index (κ1) is 119. The highest BCUT2D eigenvalue weighted by Gasteiger charge is 2.67. The molecule has 12 aliphatic heterocycles. The van der Waals surface area contributed by atoms with Gasteiger partial charge in [0.1, 0.15) is 281 Å². The van der Waals surface area contributed by atoms with Gasteiger partial charge in [-0.15, -0.1) is 0 Å². The fourth-order valence-electron chi connectivity index (χ4n) is 18.6. The first-order valence-corrected chi connectivity index (χ1v) is 45.3. The van der Waals surface area contributed by atoms with E-state index in [2.05, 4.69) is 5.32 Å². The first-order valence-electron chi connectivity index (χ1n) is 45.3. The summed E-state index contributed by atoms with van der Waals surface area (Å²) in [5.74, 6) is -13.3. The molecule has 12 saturated heterocycles. The lowest BCUT2D eigenvalue weighted by molar-refractivity contribution is -0.418. The summed E-state index contributed by atoms with van der Waals surface area (Å²) < 4.78 is 136. The molecule has 12 fully saturated rings. The number of ether oxygens (including phenoxy) is 23. The number of hydrogen-bond acceptors (Lipinski definition) is 63. The van der Waals surface area contributed by atoms with Gasteiger partial charge in [-0.25, -0.2) is 9.59 Å². The third-order valence-electron chi connectivity index (χ3n) is 26.7. The number of aliphatic hydroxyl groups excluding tert-OH is 36. The zero-order valence-corrected chi connectivity index (χ0v) is 75.4. The lowest BCUT2D eigenvalue weighted by Gasteiger charge is -2.53. The van der Waals surface area contributed by atoms with Crippen molar-refractivity contribution in [2.45, 2.75) is 387 Å². The number of carbonyl (C=O) groups excluding carboxylic acids is 1. The number of carbonyl (C=O) groups is 3. The van der Waals surface area contributed by atoms with Gasteiger partial charge in [0.2, 0.25) is 5.91 Å². The second-order valence-corrected chi connectivity index (χ2v) is 36.3. The SMILES string of the molecule is CC(=O)N[C@H]1[C@@H](O[C@H]2[C@H](O[C@H]3[C@H](O[C@@H]4O[C@H](CO)[C@@H](O)[C@H](O)[C@H]4O)[C@@H](O)[C@@H](O[C@H]4[C@@H]([C@H](O)CO)O[C@@](O)(C(=O)O)C[C@H]4OC4(C(=O)O)C[C@@H](O)[C@@H](O)[C@@H]([C@H](O)CO)O4)O[C@@H]3CO[C@@H]3O[C@H](CO)[C@@H](O)[C@H](O)[C@H]3O[C@H]3O[C@H](CO)[C@@H](O[C@@H]4O[C@H](CO)[C@H](O[C@H]5O[C@H](CO)[C@H](O)[C@H](O)[C@H]5O)[C@H](O)[C@H]4O)[C@H](O)[C@H]3O)O[C@H](CO)[C@@H](O)[C@@H]2O)O[C@H](CO)[C@@H](O[C@@H]2O[C@H](CO)[C@H](O[C@H]3O[C@H](CO)[C@H](O)[C@H](O)[C@H]3O)[C@H](O)[C@H]2O)[C@@H]1O. The van der Waals surface area contributed by atoms with Crippen molar-refractivity contribution in [3.05, 3.63) is 0 Å². The number of hydrogen-bond donors (Lipinski definition) is 40.